The van der Waals surface area contributed by atoms with E-state index in [0.717, 1.165) is 33.9 Å². The van der Waals surface area contributed by atoms with E-state index in [-0.39, 0.29) is 11.1 Å². The molecule has 0 aliphatic heterocycles. The topological polar surface area (TPSA) is 102 Å². The number of hydrogen-bond acceptors (Lipinski definition) is 8. The first-order valence-electron chi connectivity index (χ1n) is 14.2. The van der Waals surface area contributed by atoms with E-state index in [1.165, 1.54) is 0 Å². The van der Waals surface area contributed by atoms with Gasteiger partial charge >= 0.3 is 0 Å². The molecule has 43 heavy (non-hydrogen) atoms. The summed E-state index contributed by atoms with van der Waals surface area (Å²) in [6.07, 6.45) is -0.309. The molecule has 1 N–H and O–H groups in total. The lowest BCUT2D eigenvalue weighted by atomic mass is 10.1. The Bertz CT molecular complexity index is 1570. The third kappa shape index (κ3) is 7.57. The van der Waals surface area contributed by atoms with Crippen LogP contribution in [0.3, 0.4) is 0 Å². The third-order valence-corrected chi connectivity index (χ3v) is 13.0. The zero-order valence-electron chi connectivity index (χ0n) is 26.0. The molecule has 8 nitrogen and oxygen atoms in total. The van der Waals surface area contributed by atoms with Gasteiger partial charge in [0.25, 0.3) is 0 Å². The summed E-state index contributed by atoms with van der Waals surface area (Å²) in [5.41, 5.74) is 3.75. The summed E-state index contributed by atoms with van der Waals surface area (Å²) in [6.45, 7) is 15.4. The fraction of sp³-hybridized carbons (Fsp3) is 0.364. The van der Waals surface area contributed by atoms with E-state index in [0.29, 0.717) is 29.0 Å². The highest BCUT2D eigenvalue weighted by molar-refractivity contribution is 6.74. The highest BCUT2D eigenvalue weighted by Crippen LogP contribution is 2.40. The van der Waals surface area contributed by atoms with Crippen LogP contribution in [-0.2, 0) is 11.0 Å². The maximum atomic E-state index is 9.40. The van der Waals surface area contributed by atoms with Crippen LogP contribution in [0.1, 0.15) is 56.3 Å². The molecule has 0 aliphatic rings. The van der Waals surface area contributed by atoms with E-state index in [1.54, 1.807) is 13.2 Å². The summed E-state index contributed by atoms with van der Waals surface area (Å²) in [5.74, 6) is 2.31. The van der Waals surface area contributed by atoms with Gasteiger partial charge in [0, 0.05) is 11.3 Å². The molecule has 3 aromatic carbocycles. The third-order valence-electron chi connectivity index (χ3n) is 7.95. The normalized spacial score (nSPS) is 13.2. The van der Waals surface area contributed by atoms with Crippen LogP contribution in [0.15, 0.2) is 65.1 Å². The molecule has 0 radical (unpaired) electrons. The van der Waals surface area contributed by atoms with E-state index in [1.807, 2.05) is 68.4 Å². The van der Waals surface area contributed by atoms with Crippen LogP contribution in [0.4, 0.5) is 5.69 Å². The molecule has 0 saturated heterocycles. The van der Waals surface area contributed by atoms with Crippen molar-refractivity contribution in [3.8, 4) is 29.0 Å². The molecular weight excluding hydrogens is 580 g/mol. The molecular formula is C33H39ClN4O4Si. The molecule has 0 unspecified atom stereocenters. The number of nitrogens with one attached hydrogen (secondary N) is 1. The lowest BCUT2D eigenvalue weighted by Crippen LogP contribution is -2.45. The number of nitrogens with zero attached hydrogens (tertiary/aromatic N) is 3. The van der Waals surface area contributed by atoms with Crippen molar-refractivity contribution in [1.82, 2.24) is 10.2 Å². The van der Waals surface area contributed by atoms with Crippen LogP contribution in [0.5, 0.6) is 11.5 Å². The molecule has 0 bridgehead atoms. The van der Waals surface area contributed by atoms with Gasteiger partial charge in [0.15, 0.2) is 8.32 Å². The van der Waals surface area contributed by atoms with Crippen molar-refractivity contribution in [2.24, 2.45) is 0 Å². The van der Waals surface area contributed by atoms with Gasteiger partial charge in [0.1, 0.15) is 30.2 Å². The van der Waals surface area contributed by atoms with Crippen LogP contribution >= 0.6 is 11.6 Å². The van der Waals surface area contributed by atoms with Gasteiger partial charge in [-0.1, -0.05) is 44.5 Å². The minimum atomic E-state index is -2.14. The first-order valence-corrected chi connectivity index (χ1v) is 17.4. The average Bonchev–Trinajstić information content (AvgIpc) is 3.46. The number of nitriles is 1. The summed E-state index contributed by atoms with van der Waals surface area (Å²) in [5, 5.41) is 22.1. The Morgan fingerprint density at radius 3 is 2.26 bits per heavy atom. The van der Waals surface area contributed by atoms with Crippen molar-refractivity contribution in [2.75, 3.05) is 12.4 Å². The van der Waals surface area contributed by atoms with Gasteiger partial charge < -0.3 is 23.6 Å². The molecule has 1 heterocycles. The van der Waals surface area contributed by atoms with Gasteiger partial charge in [-0.25, -0.2) is 0 Å². The minimum Gasteiger partial charge on any atom is -0.497 e. The molecule has 226 valence electrons. The molecule has 4 aromatic rings. The lowest BCUT2D eigenvalue weighted by molar-refractivity contribution is 0.166. The van der Waals surface area contributed by atoms with Gasteiger partial charge in [0.05, 0.1) is 23.8 Å². The molecule has 2 atom stereocenters. The fourth-order valence-electron chi connectivity index (χ4n) is 4.24. The molecule has 0 saturated carbocycles. The minimum absolute atomic E-state index is 0.0106. The highest BCUT2D eigenvalue weighted by atomic mass is 35.5. The molecule has 1 aromatic heterocycles. The van der Waals surface area contributed by atoms with Crippen LogP contribution in [-0.4, -0.2) is 31.7 Å². The van der Waals surface area contributed by atoms with E-state index >= 15 is 0 Å². The second-order valence-electron chi connectivity index (χ2n) is 12.0. The van der Waals surface area contributed by atoms with Crippen LogP contribution in [0.2, 0.25) is 23.2 Å². The Morgan fingerprint density at radius 1 is 1.00 bits per heavy atom. The molecule has 4 rings (SSSR count). The van der Waals surface area contributed by atoms with Crippen molar-refractivity contribution in [3.63, 3.8) is 0 Å². The van der Waals surface area contributed by atoms with E-state index < -0.39 is 14.4 Å². The van der Waals surface area contributed by atoms with Crippen molar-refractivity contribution < 1.29 is 18.3 Å². The monoisotopic (exact) mass is 618 g/mol. The van der Waals surface area contributed by atoms with Gasteiger partial charge in [-0.05, 0) is 91.6 Å². The number of halogens is 1. The number of aromatic nitrogens is 2. The zero-order chi connectivity index (χ0) is 31.4. The molecule has 0 spiro atoms. The largest absolute Gasteiger partial charge is 0.497 e. The number of benzene rings is 3. The van der Waals surface area contributed by atoms with Gasteiger partial charge in [0.2, 0.25) is 11.8 Å². The lowest BCUT2D eigenvalue weighted by Gasteiger charge is -2.40. The Morgan fingerprint density at radius 2 is 1.65 bits per heavy atom. The van der Waals surface area contributed by atoms with E-state index in [2.05, 4.69) is 55.4 Å². The Labute approximate surface area is 260 Å². The van der Waals surface area contributed by atoms with Crippen molar-refractivity contribution in [2.45, 2.75) is 71.5 Å². The van der Waals surface area contributed by atoms with E-state index in [9.17, 15) is 5.26 Å². The number of rotatable bonds is 11. The van der Waals surface area contributed by atoms with Crippen molar-refractivity contribution in [1.29, 1.82) is 5.26 Å². The Hall–Kier alpha value is -3.84. The molecule has 0 amide bonds. The number of methoxy groups -OCH3 is 1. The quantitative estimate of drug-likeness (QED) is 0.166. The standard InChI is InChI=1S/C33H39ClN4O4Si/c1-21-28(18-13-25(19-35)29(21)34)36-30(22(2)42-43(7,8)33(3,4)5)32-38-37-31(41-32)24-11-16-27(17-12-24)40-20-23-9-14-26(39-6)15-10-23/h9-18,22,30,36H,20H2,1-8H3/t22-,30+/m0/s1. The first-order chi connectivity index (χ1) is 20.3. The Kier molecular flexibility index (Phi) is 9.85. The second-order valence-corrected chi connectivity index (χ2v) is 17.2. The maximum Gasteiger partial charge on any atom is 0.247 e. The molecule has 0 aliphatic carbocycles. The smallest absolute Gasteiger partial charge is 0.247 e. The fourth-order valence-corrected chi connectivity index (χ4v) is 5.87. The molecule has 10 heteroatoms. The Balaban J connectivity index is 1.56. The maximum absolute atomic E-state index is 9.40. The predicted octanol–water partition coefficient (Wildman–Crippen LogP) is 8.72. The summed E-state index contributed by atoms with van der Waals surface area (Å²) in [4.78, 5) is 0. The predicted molar refractivity (Wildman–Crippen MR) is 172 cm³/mol. The van der Waals surface area contributed by atoms with Crippen LogP contribution in [0.25, 0.3) is 11.5 Å². The highest BCUT2D eigenvalue weighted by Gasteiger charge is 2.41. The van der Waals surface area contributed by atoms with Crippen LogP contribution < -0.4 is 14.8 Å². The number of anilines is 1. The first kappa shape index (κ1) is 32.1. The molecule has 0 fully saturated rings. The SMILES string of the molecule is COc1ccc(COc2ccc(-c3nnc([C@H](Nc4ccc(C#N)c(Cl)c4C)[C@H](C)O[Si](C)(C)C(C)(C)C)o3)cc2)cc1. The summed E-state index contributed by atoms with van der Waals surface area (Å²) < 4.78 is 24.2. The average molecular weight is 619 g/mol. The summed E-state index contributed by atoms with van der Waals surface area (Å²) >= 11 is 6.49. The summed E-state index contributed by atoms with van der Waals surface area (Å²) in [7, 11) is -0.495. The number of hydrogen-bond donors (Lipinski definition) is 1. The van der Waals surface area contributed by atoms with Crippen LogP contribution in [0, 0.1) is 18.3 Å². The van der Waals surface area contributed by atoms with Gasteiger partial charge in [-0.3, -0.25) is 0 Å². The van der Waals surface area contributed by atoms with E-state index in [4.69, 9.17) is 29.9 Å². The van der Waals surface area contributed by atoms with Gasteiger partial charge in [-0.2, -0.15) is 5.26 Å². The summed E-state index contributed by atoms with van der Waals surface area (Å²) in [6, 6.07) is 20.5. The zero-order valence-corrected chi connectivity index (χ0v) is 27.7. The van der Waals surface area contributed by atoms with Crippen molar-refractivity contribution in [3.05, 3.63) is 88.3 Å². The van der Waals surface area contributed by atoms with Gasteiger partial charge in [-0.15, -0.1) is 10.2 Å². The van der Waals surface area contributed by atoms with Crippen molar-refractivity contribution >= 4 is 25.6 Å². The number of ether oxygens (including phenoxy) is 2. The second kappa shape index (κ2) is 13.2.